The topological polar surface area (TPSA) is 88.6 Å². The van der Waals surface area contributed by atoms with Crippen LogP contribution in [-0.4, -0.2) is 34.9 Å². The number of anilines is 2. The molecule has 2 amide bonds. The highest BCUT2D eigenvalue weighted by Gasteiger charge is 2.52. The molecule has 7 nitrogen and oxygen atoms in total. The Morgan fingerprint density at radius 1 is 1.18 bits per heavy atom. The number of benzene rings is 1. The molecule has 8 heteroatoms. The van der Waals surface area contributed by atoms with Gasteiger partial charge in [-0.05, 0) is 37.1 Å². The number of rotatable bonds is 3. The molecular formula is C20H18ClN3O4. The van der Waals surface area contributed by atoms with Gasteiger partial charge in [-0.25, -0.2) is 9.78 Å². The van der Waals surface area contributed by atoms with E-state index in [-0.39, 0.29) is 16.6 Å². The number of aromatic nitrogens is 1. The van der Waals surface area contributed by atoms with E-state index in [4.69, 9.17) is 16.3 Å². The number of esters is 1. The summed E-state index contributed by atoms with van der Waals surface area (Å²) in [6, 6.07) is 10.1. The Morgan fingerprint density at radius 2 is 1.93 bits per heavy atom. The Hall–Kier alpha value is -2.93. The number of para-hydroxylation sites is 2. The van der Waals surface area contributed by atoms with Gasteiger partial charge in [0.2, 0.25) is 0 Å². The van der Waals surface area contributed by atoms with Crippen LogP contribution in [0.15, 0.2) is 42.6 Å². The van der Waals surface area contributed by atoms with Crippen molar-refractivity contribution in [3.8, 4) is 0 Å². The van der Waals surface area contributed by atoms with Crippen molar-refractivity contribution in [1.29, 1.82) is 0 Å². The Bertz CT molecular complexity index is 939. The highest BCUT2D eigenvalue weighted by Crippen LogP contribution is 2.45. The van der Waals surface area contributed by atoms with Crippen LogP contribution in [0.2, 0.25) is 5.15 Å². The van der Waals surface area contributed by atoms with Crippen LogP contribution >= 0.6 is 11.6 Å². The summed E-state index contributed by atoms with van der Waals surface area (Å²) in [6.45, 7) is -0.467. The molecule has 2 aromatic rings. The van der Waals surface area contributed by atoms with Gasteiger partial charge >= 0.3 is 5.97 Å². The maximum Gasteiger partial charge on any atom is 0.340 e. The quantitative estimate of drug-likeness (QED) is 0.632. The average Bonchev–Trinajstić information content (AvgIpc) is 3.18. The summed E-state index contributed by atoms with van der Waals surface area (Å²) in [5.74, 6) is -1.29. The average molecular weight is 400 g/mol. The van der Waals surface area contributed by atoms with Gasteiger partial charge in [0, 0.05) is 6.20 Å². The predicted molar refractivity (Wildman–Crippen MR) is 103 cm³/mol. The molecule has 1 aromatic carbocycles. The minimum Gasteiger partial charge on any atom is -0.452 e. The van der Waals surface area contributed by atoms with E-state index in [1.54, 1.807) is 18.2 Å². The second-order valence-electron chi connectivity index (χ2n) is 6.88. The smallest absolute Gasteiger partial charge is 0.340 e. The first-order chi connectivity index (χ1) is 13.5. The molecule has 0 atom stereocenters. The Kier molecular flexibility index (Phi) is 4.77. The third kappa shape index (κ3) is 3.11. The summed E-state index contributed by atoms with van der Waals surface area (Å²) < 4.78 is 5.19. The number of amides is 2. The highest BCUT2D eigenvalue weighted by atomic mass is 35.5. The van der Waals surface area contributed by atoms with Gasteiger partial charge in [-0.15, -0.1) is 0 Å². The molecule has 1 fully saturated rings. The summed E-state index contributed by atoms with van der Waals surface area (Å²) in [5, 5.41) is 3.17. The van der Waals surface area contributed by atoms with Crippen molar-refractivity contribution >= 4 is 40.8 Å². The summed E-state index contributed by atoms with van der Waals surface area (Å²) in [5.41, 5.74) is 0.467. The van der Waals surface area contributed by atoms with Crippen LogP contribution in [0.3, 0.4) is 0 Å². The molecule has 1 aromatic heterocycles. The number of hydrogen-bond acceptors (Lipinski definition) is 5. The second kappa shape index (κ2) is 7.24. The lowest BCUT2D eigenvalue weighted by molar-refractivity contribution is -0.129. The molecule has 1 aliphatic carbocycles. The molecule has 1 N–H and O–H groups in total. The van der Waals surface area contributed by atoms with Gasteiger partial charge in [0.05, 0.1) is 16.9 Å². The van der Waals surface area contributed by atoms with Gasteiger partial charge in [0.15, 0.2) is 6.61 Å². The van der Waals surface area contributed by atoms with Crippen LogP contribution in [0.5, 0.6) is 0 Å². The minimum atomic E-state index is -0.931. The third-order valence-corrected chi connectivity index (χ3v) is 5.44. The Balaban J connectivity index is 1.58. The maximum absolute atomic E-state index is 13.1. The number of nitrogens with zero attached hydrogens (tertiary/aromatic N) is 2. The zero-order valence-corrected chi connectivity index (χ0v) is 15.7. The Labute approximate surface area is 166 Å². The van der Waals surface area contributed by atoms with Crippen LogP contribution in [0.25, 0.3) is 0 Å². The number of hydrogen-bond donors (Lipinski definition) is 1. The number of carbonyl (C=O) groups excluding carboxylic acids is 3. The van der Waals surface area contributed by atoms with E-state index in [0.29, 0.717) is 24.2 Å². The minimum absolute atomic E-state index is 0.190. The fourth-order valence-corrected chi connectivity index (χ4v) is 4.01. The summed E-state index contributed by atoms with van der Waals surface area (Å²) in [4.78, 5) is 43.5. The van der Waals surface area contributed by atoms with Crippen LogP contribution in [0, 0.1) is 0 Å². The molecule has 1 aliphatic heterocycles. The molecule has 1 saturated carbocycles. The molecule has 28 heavy (non-hydrogen) atoms. The standard InChI is InChI=1S/C20H18ClN3O4/c21-16-8-7-13(11-22-16)18(26)28-12-17(25)24-15-6-2-1-5-14(15)23-19(27)20(24)9-3-4-10-20/h1-2,5-8,11H,3-4,9-10,12H2,(H,23,27). The van der Waals surface area contributed by atoms with E-state index in [9.17, 15) is 14.4 Å². The van der Waals surface area contributed by atoms with Gasteiger partial charge in [-0.2, -0.15) is 0 Å². The first-order valence-electron chi connectivity index (χ1n) is 9.03. The lowest BCUT2D eigenvalue weighted by Gasteiger charge is -2.44. The number of fused-ring (bicyclic) bond motifs is 1. The zero-order valence-electron chi connectivity index (χ0n) is 15.0. The molecule has 0 saturated heterocycles. The molecule has 4 rings (SSSR count). The maximum atomic E-state index is 13.1. The molecule has 144 valence electrons. The molecule has 0 radical (unpaired) electrons. The van der Waals surface area contributed by atoms with Gasteiger partial charge in [0.1, 0.15) is 10.7 Å². The Morgan fingerprint density at radius 3 is 2.64 bits per heavy atom. The van der Waals surface area contributed by atoms with Gasteiger partial charge < -0.3 is 10.1 Å². The van der Waals surface area contributed by atoms with Gasteiger partial charge in [0.25, 0.3) is 11.8 Å². The molecule has 1 spiro atoms. The molecule has 2 heterocycles. The van der Waals surface area contributed by atoms with Crippen molar-refractivity contribution in [2.75, 3.05) is 16.8 Å². The van der Waals surface area contributed by atoms with E-state index in [0.717, 1.165) is 12.8 Å². The molecule has 2 aliphatic rings. The summed E-state index contributed by atoms with van der Waals surface area (Å²) in [6.07, 6.45) is 4.16. The highest BCUT2D eigenvalue weighted by molar-refractivity contribution is 6.29. The van der Waals surface area contributed by atoms with Crippen molar-refractivity contribution in [3.63, 3.8) is 0 Å². The van der Waals surface area contributed by atoms with E-state index >= 15 is 0 Å². The fourth-order valence-electron chi connectivity index (χ4n) is 3.90. The van der Waals surface area contributed by atoms with Crippen LogP contribution in [0.1, 0.15) is 36.0 Å². The van der Waals surface area contributed by atoms with E-state index in [1.807, 2.05) is 6.07 Å². The van der Waals surface area contributed by atoms with Crippen LogP contribution in [-0.2, 0) is 14.3 Å². The normalized spacial score (nSPS) is 17.2. The molecule has 0 unspecified atom stereocenters. The van der Waals surface area contributed by atoms with Crippen LogP contribution < -0.4 is 10.2 Å². The number of pyridine rings is 1. The van der Waals surface area contributed by atoms with Crippen molar-refractivity contribution in [3.05, 3.63) is 53.3 Å². The number of nitrogens with one attached hydrogen (secondary N) is 1. The monoisotopic (exact) mass is 399 g/mol. The number of halogens is 1. The van der Waals surface area contributed by atoms with Crippen molar-refractivity contribution in [1.82, 2.24) is 4.98 Å². The summed E-state index contributed by atoms with van der Waals surface area (Å²) in [7, 11) is 0. The third-order valence-electron chi connectivity index (χ3n) is 5.21. The second-order valence-corrected chi connectivity index (χ2v) is 7.27. The molecular weight excluding hydrogens is 382 g/mol. The van der Waals surface area contributed by atoms with Crippen molar-refractivity contribution in [2.45, 2.75) is 31.2 Å². The van der Waals surface area contributed by atoms with Crippen molar-refractivity contribution in [2.24, 2.45) is 0 Å². The molecule has 0 bridgehead atoms. The van der Waals surface area contributed by atoms with Gasteiger partial charge in [-0.3, -0.25) is 14.5 Å². The summed E-state index contributed by atoms with van der Waals surface area (Å²) >= 11 is 5.71. The van der Waals surface area contributed by atoms with E-state index < -0.39 is 24.0 Å². The van der Waals surface area contributed by atoms with E-state index in [2.05, 4.69) is 10.3 Å². The van der Waals surface area contributed by atoms with Crippen LogP contribution in [0.4, 0.5) is 11.4 Å². The first kappa shape index (κ1) is 18.4. The van der Waals surface area contributed by atoms with Gasteiger partial charge in [-0.1, -0.05) is 36.6 Å². The zero-order chi connectivity index (χ0) is 19.7. The first-order valence-corrected chi connectivity index (χ1v) is 9.41. The number of ether oxygens (including phenoxy) is 1. The largest absolute Gasteiger partial charge is 0.452 e. The lowest BCUT2D eigenvalue weighted by atomic mass is 9.90. The lowest BCUT2D eigenvalue weighted by Crippen LogP contribution is -2.61. The van der Waals surface area contributed by atoms with Crippen molar-refractivity contribution < 1.29 is 19.1 Å². The number of carbonyl (C=O) groups is 3. The van der Waals surface area contributed by atoms with E-state index in [1.165, 1.54) is 23.2 Å². The SMILES string of the molecule is O=C(OCC(=O)N1c2ccccc2NC(=O)C12CCCC2)c1ccc(Cl)nc1. The predicted octanol–water partition coefficient (Wildman–Crippen LogP) is 3.19. The fraction of sp³-hybridized carbons (Fsp3) is 0.300.